The predicted octanol–water partition coefficient (Wildman–Crippen LogP) is 6.56. The van der Waals surface area contributed by atoms with Crippen LogP contribution in [0.1, 0.15) is 52.5 Å². The fraction of sp³-hybridized carbons (Fsp3) is 0.321. The number of fused-ring (bicyclic) bond motifs is 2. The average Bonchev–Trinajstić information content (AvgIpc) is 3.59. The molecular weight excluding hydrogens is 414 g/mol. The van der Waals surface area contributed by atoms with E-state index in [0.717, 1.165) is 31.6 Å². The first kappa shape index (κ1) is 21.1. The molecule has 4 aromatic rings. The zero-order chi connectivity index (χ0) is 20.9. The molecule has 6 rings (SSSR count). The van der Waals surface area contributed by atoms with Gasteiger partial charge in [0.05, 0.1) is 5.52 Å². The van der Waals surface area contributed by atoms with Crippen molar-refractivity contribution in [3.8, 4) is 0 Å². The van der Waals surface area contributed by atoms with Gasteiger partial charge in [-0.1, -0.05) is 54.6 Å². The highest BCUT2D eigenvalue weighted by Gasteiger charge is 2.31. The van der Waals surface area contributed by atoms with Crippen LogP contribution in [0.4, 0.5) is 5.82 Å². The summed E-state index contributed by atoms with van der Waals surface area (Å²) in [5.41, 5.74) is 9.67. The zero-order valence-electron chi connectivity index (χ0n) is 18.8. The van der Waals surface area contributed by atoms with E-state index < -0.39 is 0 Å². The number of hydrogen-bond acceptors (Lipinski definition) is 2. The van der Waals surface area contributed by atoms with Crippen LogP contribution in [0.3, 0.4) is 0 Å². The second kappa shape index (κ2) is 8.29. The fourth-order valence-corrected chi connectivity index (χ4v) is 5.35. The second-order valence-electron chi connectivity index (χ2n) is 9.25. The van der Waals surface area contributed by atoms with Gasteiger partial charge in [-0.05, 0) is 67.9 Å². The van der Waals surface area contributed by atoms with Crippen LogP contribution in [0, 0.1) is 13.8 Å². The van der Waals surface area contributed by atoms with Crippen molar-refractivity contribution in [1.82, 2.24) is 9.55 Å². The number of pyridine rings is 1. The predicted molar refractivity (Wildman–Crippen MR) is 135 cm³/mol. The molecule has 2 aliphatic rings. The van der Waals surface area contributed by atoms with Gasteiger partial charge in [-0.2, -0.15) is 0 Å². The fourth-order valence-electron chi connectivity index (χ4n) is 5.35. The van der Waals surface area contributed by atoms with E-state index in [1.54, 1.807) is 0 Å². The van der Waals surface area contributed by atoms with Crippen LogP contribution in [0.25, 0.3) is 10.9 Å². The number of anilines is 1. The van der Waals surface area contributed by atoms with Crippen LogP contribution in [0.5, 0.6) is 0 Å². The highest BCUT2D eigenvalue weighted by molar-refractivity contribution is 5.96. The Kier molecular flexibility index (Phi) is 5.46. The molecule has 3 heterocycles. The van der Waals surface area contributed by atoms with Gasteiger partial charge in [0.25, 0.3) is 0 Å². The van der Waals surface area contributed by atoms with Gasteiger partial charge in [0, 0.05) is 35.9 Å². The Balaban J connectivity index is 0.00000216. The lowest BCUT2D eigenvalue weighted by Crippen LogP contribution is -2.31. The minimum atomic E-state index is 0. The van der Waals surface area contributed by atoms with Crippen LogP contribution < -0.4 is 4.90 Å². The van der Waals surface area contributed by atoms with E-state index in [1.807, 2.05) is 0 Å². The Morgan fingerprint density at radius 3 is 2.41 bits per heavy atom. The third kappa shape index (κ3) is 3.59. The molecule has 1 fully saturated rings. The highest BCUT2D eigenvalue weighted by atomic mass is 35.5. The molecule has 1 aliphatic heterocycles. The van der Waals surface area contributed by atoms with Crippen molar-refractivity contribution in [1.29, 1.82) is 0 Å². The number of benzene rings is 2. The Bertz CT molecular complexity index is 1270. The molecule has 2 aromatic heterocycles. The molecule has 0 atom stereocenters. The molecule has 32 heavy (non-hydrogen) atoms. The molecule has 0 amide bonds. The summed E-state index contributed by atoms with van der Waals surface area (Å²) in [6, 6.07) is 22.7. The average molecular weight is 444 g/mol. The van der Waals surface area contributed by atoms with Crippen molar-refractivity contribution in [2.24, 2.45) is 0 Å². The summed E-state index contributed by atoms with van der Waals surface area (Å²) in [4.78, 5) is 7.66. The Morgan fingerprint density at radius 1 is 0.938 bits per heavy atom. The monoisotopic (exact) mass is 443 g/mol. The molecular formula is C28H30ClN3. The molecule has 0 bridgehead atoms. The summed E-state index contributed by atoms with van der Waals surface area (Å²) in [5.74, 6) is 1.18. The maximum atomic E-state index is 5.15. The molecule has 0 N–H and O–H groups in total. The first-order valence-corrected chi connectivity index (χ1v) is 11.6. The van der Waals surface area contributed by atoms with E-state index in [4.69, 9.17) is 4.98 Å². The number of nitrogens with zero attached hydrogens (tertiary/aromatic N) is 3. The van der Waals surface area contributed by atoms with E-state index in [9.17, 15) is 0 Å². The lowest BCUT2D eigenvalue weighted by Gasteiger charge is -2.31. The molecule has 164 valence electrons. The second-order valence-corrected chi connectivity index (χ2v) is 9.25. The van der Waals surface area contributed by atoms with Gasteiger partial charge in [-0.15, -0.1) is 12.4 Å². The lowest BCUT2D eigenvalue weighted by atomic mass is 9.98. The standard InChI is InChI=1S/C28H29N3.ClH/c1-19-16-26-27(28(29-19)30-15-14-22-10-6-7-11-23(22)18-30)25(17-21-8-4-3-5-9-21)20(2)31(26)24-12-13-24;/h3-11,16,24H,12-15,17-18H2,1-2H3;1H. The van der Waals surface area contributed by atoms with Gasteiger partial charge in [0.2, 0.25) is 0 Å². The Labute approximate surface area is 196 Å². The van der Waals surface area contributed by atoms with E-state index in [0.29, 0.717) is 6.04 Å². The normalized spacial score (nSPS) is 15.5. The van der Waals surface area contributed by atoms with Gasteiger partial charge >= 0.3 is 0 Å². The quantitative estimate of drug-likeness (QED) is 0.356. The van der Waals surface area contributed by atoms with E-state index in [2.05, 4.69) is 84.0 Å². The molecule has 0 spiro atoms. The summed E-state index contributed by atoms with van der Waals surface area (Å²) >= 11 is 0. The number of rotatable bonds is 4. The van der Waals surface area contributed by atoms with Crippen LogP contribution in [-0.2, 0) is 19.4 Å². The van der Waals surface area contributed by atoms with Crippen LogP contribution in [-0.4, -0.2) is 16.1 Å². The maximum Gasteiger partial charge on any atom is 0.138 e. The zero-order valence-corrected chi connectivity index (χ0v) is 19.7. The highest BCUT2D eigenvalue weighted by Crippen LogP contribution is 2.44. The molecule has 3 nitrogen and oxygen atoms in total. The van der Waals surface area contributed by atoms with Crippen LogP contribution in [0.2, 0.25) is 0 Å². The minimum Gasteiger partial charge on any atom is -0.351 e. The summed E-state index contributed by atoms with van der Waals surface area (Å²) < 4.78 is 2.61. The minimum absolute atomic E-state index is 0. The van der Waals surface area contributed by atoms with E-state index in [1.165, 1.54) is 57.5 Å². The molecule has 1 aliphatic carbocycles. The van der Waals surface area contributed by atoms with Crippen molar-refractivity contribution in [2.45, 2.75) is 52.1 Å². The van der Waals surface area contributed by atoms with Crippen molar-refractivity contribution in [3.05, 3.63) is 94.3 Å². The lowest BCUT2D eigenvalue weighted by molar-refractivity contribution is 0.722. The van der Waals surface area contributed by atoms with Gasteiger partial charge < -0.3 is 9.47 Å². The van der Waals surface area contributed by atoms with Crippen LogP contribution in [0.15, 0.2) is 60.7 Å². The third-order valence-electron chi connectivity index (χ3n) is 7.03. The third-order valence-corrected chi connectivity index (χ3v) is 7.03. The van der Waals surface area contributed by atoms with Crippen molar-refractivity contribution < 1.29 is 0 Å². The largest absolute Gasteiger partial charge is 0.351 e. The summed E-state index contributed by atoms with van der Waals surface area (Å²) in [6.07, 6.45) is 4.64. The SMILES string of the molecule is Cc1cc2c(c(N3CCc4ccccc4C3)n1)c(Cc1ccccc1)c(C)n2C1CC1.Cl. The van der Waals surface area contributed by atoms with Crippen molar-refractivity contribution >= 4 is 29.1 Å². The Morgan fingerprint density at radius 2 is 1.66 bits per heavy atom. The van der Waals surface area contributed by atoms with Crippen molar-refractivity contribution in [2.75, 3.05) is 11.4 Å². The van der Waals surface area contributed by atoms with Gasteiger partial charge in [0.15, 0.2) is 0 Å². The van der Waals surface area contributed by atoms with E-state index in [-0.39, 0.29) is 12.4 Å². The van der Waals surface area contributed by atoms with Gasteiger partial charge in [0.1, 0.15) is 5.82 Å². The maximum absolute atomic E-state index is 5.15. The number of halogens is 1. The number of aromatic nitrogens is 2. The number of aryl methyl sites for hydroxylation is 1. The summed E-state index contributed by atoms with van der Waals surface area (Å²) in [6.45, 7) is 6.44. The first-order valence-electron chi connectivity index (χ1n) is 11.6. The molecule has 0 unspecified atom stereocenters. The van der Waals surface area contributed by atoms with E-state index >= 15 is 0 Å². The molecule has 4 heteroatoms. The van der Waals surface area contributed by atoms with Crippen LogP contribution >= 0.6 is 12.4 Å². The smallest absolute Gasteiger partial charge is 0.138 e. The Hall–Kier alpha value is -2.78. The first-order chi connectivity index (χ1) is 15.2. The summed E-state index contributed by atoms with van der Waals surface area (Å²) in [5, 5.41) is 1.37. The van der Waals surface area contributed by atoms with Crippen molar-refractivity contribution in [3.63, 3.8) is 0 Å². The number of hydrogen-bond donors (Lipinski definition) is 0. The molecule has 0 saturated heterocycles. The summed E-state index contributed by atoms with van der Waals surface area (Å²) in [7, 11) is 0. The molecule has 1 saturated carbocycles. The van der Waals surface area contributed by atoms with Gasteiger partial charge in [-0.3, -0.25) is 0 Å². The van der Waals surface area contributed by atoms with Gasteiger partial charge in [-0.25, -0.2) is 4.98 Å². The molecule has 0 radical (unpaired) electrons. The topological polar surface area (TPSA) is 21.1 Å². The molecule has 2 aromatic carbocycles.